The van der Waals surface area contributed by atoms with Crippen molar-refractivity contribution in [1.29, 1.82) is 0 Å². The van der Waals surface area contributed by atoms with Crippen LogP contribution in [-0.4, -0.2) is 70.2 Å². The molecule has 0 spiro atoms. The van der Waals surface area contributed by atoms with Gasteiger partial charge in [-0.1, -0.05) is 18.2 Å². The van der Waals surface area contributed by atoms with Gasteiger partial charge in [0.05, 0.1) is 12.7 Å². The van der Waals surface area contributed by atoms with E-state index in [0.29, 0.717) is 42.0 Å². The summed E-state index contributed by atoms with van der Waals surface area (Å²) in [5, 5.41) is 0. The molecule has 2 amide bonds. The Morgan fingerprint density at radius 2 is 1.90 bits per heavy atom. The molecule has 3 heterocycles. The number of fused-ring (bicyclic) bond motifs is 1. The summed E-state index contributed by atoms with van der Waals surface area (Å²) in [6, 6.07) is 10.4. The van der Waals surface area contributed by atoms with E-state index in [0.717, 1.165) is 0 Å². The van der Waals surface area contributed by atoms with Crippen LogP contribution in [-0.2, 0) is 4.79 Å². The van der Waals surface area contributed by atoms with Crippen LogP contribution in [0.2, 0.25) is 0 Å². The van der Waals surface area contributed by atoms with Crippen LogP contribution in [0.15, 0.2) is 48.8 Å². The highest BCUT2D eigenvalue weighted by Crippen LogP contribution is 2.26. The molecule has 3 aromatic rings. The van der Waals surface area contributed by atoms with Crippen LogP contribution in [0.25, 0.3) is 11.0 Å². The fourth-order valence-corrected chi connectivity index (χ4v) is 3.80. The first-order valence-electron chi connectivity index (χ1n) is 9.71. The normalized spacial score (nSPS) is 16.5. The molecule has 2 aromatic heterocycles. The molecule has 8 heteroatoms. The molecule has 4 rings (SSSR count). The summed E-state index contributed by atoms with van der Waals surface area (Å²) >= 11 is 0. The number of nitrogens with zero attached hydrogens (tertiary/aromatic N) is 3. The van der Waals surface area contributed by atoms with E-state index < -0.39 is 11.7 Å². The third-order valence-electron chi connectivity index (χ3n) is 5.38. The lowest BCUT2D eigenvalue weighted by Crippen LogP contribution is -2.56. The quantitative estimate of drug-likeness (QED) is 0.529. The van der Waals surface area contributed by atoms with Crippen molar-refractivity contribution in [3.8, 4) is 5.75 Å². The summed E-state index contributed by atoms with van der Waals surface area (Å²) in [5.41, 5.74) is 1.80. The molecule has 30 heavy (non-hydrogen) atoms. The summed E-state index contributed by atoms with van der Waals surface area (Å²) in [7, 11) is 1.53. The number of Topliss-reactive ketones (excluding diaryl/α,β-unsaturated/α-hetero) is 1. The van der Waals surface area contributed by atoms with E-state index in [-0.39, 0.29) is 17.5 Å². The highest BCUT2D eigenvalue weighted by molar-refractivity contribution is 6.44. The van der Waals surface area contributed by atoms with Crippen LogP contribution in [0.4, 0.5) is 0 Å². The van der Waals surface area contributed by atoms with Gasteiger partial charge in [0.1, 0.15) is 16.8 Å². The standard InChI is InChI=1S/C22H22N4O4/c1-14-13-25(21(28)15-6-4-3-5-7-15)10-11-26(14)22(29)20(27)16-12-24-19-17(30-2)8-9-23-18(16)19/h3-9,12,14,24H,10-11,13H2,1-2H3/t14-/m1/s1. The van der Waals surface area contributed by atoms with E-state index in [1.54, 1.807) is 23.1 Å². The third-order valence-corrected chi connectivity index (χ3v) is 5.38. The topological polar surface area (TPSA) is 95.6 Å². The van der Waals surface area contributed by atoms with Gasteiger partial charge in [0.15, 0.2) is 0 Å². The van der Waals surface area contributed by atoms with Crippen molar-refractivity contribution in [2.75, 3.05) is 26.7 Å². The molecule has 0 unspecified atom stereocenters. The number of hydrogen-bond donors (Lipinski definition) is 1. The number of rotatable bonds is 4. The van der Waals surface area contributed by atoms with Gasteiger partial charge in [0, 0.05) is 49.7 Å². The summed E-state index contributed by atoms with van der Waals surface area (Å²) in [6.07, 6.45) is 3.02. The zero-order chi connectivity index (χ0) is 21.3. The molecule has 8 nitrogen and oxygen atoms in total. The Hall–Kier alpha value is -3.68. The fraction of sp³-hybridized carbons (Fsp3) is 0.273. The number of carbonyl (C=O) groups excluding carboxylic acids is 3. The predicted molar refractivity (Wildman–Crippen MR) is 110 cm³/mol. The van der Waals surface area contributed by atoms with Gasteiger partial charge in [0.2, 0.25) is 0 Å². The molecule has 1 N–H and O–H groups in total. The summed E-state index contributed by atoms with van der Waals surface area (Å²) in [5.74, 6) is -0.752. The average molecular weight is 406 g/mol. The predicted octanol–water partition coefficient (Wildman–Crippen LogP) is 2.13. The van der Waals surface area contributed by atoms with Gasteiger partial charge in [-0.05, 0) is 19.1 Å². The Morgan fingerprint density at radius 1 is 1.13 bits per heavy atom. The maximum atomic E-state index is 13.0. The lowest BCUT2D eigenvalue weighted by Gasteiger charge is -2.39. The molecule has 154 valence electrons. The van der Waals surface area contributed by atoms with Crippen LogP contribution in [0.1, 0.15) is 27.6 Å². The number of benzene rings is 1. The van der Waals surface area contributed by atoms with Crippen molar-refractivity contribution in [1.82, 2.24) is 19.8 Å². The van der Waals surface area contributed by atoms with Gasteiger partial charge >= 0.3 is 0 Å². The molecular weight excluding hydrogens is 384 g/mol. The van der Waals surface area contributed by atoms with Crippen molar-refractivity contribution >= 4 is 28.6 Å². The van der Waals surface area contributed by atoms with E-state index in [1.165, 1.54) is 24.4 Å². The number of ether oxygens (including phenoxy) is 1. The van der Waals surface area contributed by atoms with Crippen molar-refractivity contribution in [2.24, 2.45) is 0 Å². The van der Waals surface area contributed by atoms with E-state index in [4.69, 9.17) is 4.74 Å². The van der Waals surface area contributed by atoms with Gasteiger partial charge < -0.3 is 19.5 Å². The van der Waals surface area contributed by atoms with Crippen LogP contribution in [0, 0.1) is 0 Å². The van der Waals surface area contributed by atoms with E-state index in [9.17, 15) is 14.4 Å². The molecule has 1 aromatic carbocycles. The molecule has 0 radical (unpaired) electrons. The van der Waals surface area contributed by atoms with Crippen molar-refractivity contribution < 1.29 is 19.1 Å². The number of hydrogen-bond acceptors (Lipinski definition) is 5. The minimum atomic E-state index is -0.628. The first-order valence-corrected chi connectivity index (χ1v) is 9.71. The summed E-state index contributed by atoms with van der Waals surface area (Å²) < 4.78 is 5.27. The average Bonchev–Trinajstić information content (AvgIpc) is 3.22. The number of methoxy groups -OCH3 is 1. The monoisotopic (exact) mass is 406 g/mol. The molecule has 0 bridgehead atoms. The van der Waals surface area contributed by atoms with E-state index in [2.05, 4.69) is 9.97 Å². The van der Waals surface area contributed by atoms with Crippen LogP contribution in [0.3, 0.4) is 0 Å². The molecule has 1 aliphatic rings. The first kappa shape index (κ1) is 19.6. The number of nitrogens with one attached hydrogen (secondary N) is 1. The Labute approximate surface area is 173 Å². The molecule has 0 aliphatic carbocycles. The molecule has 1 fully saturated rings. The summed E-state index contributed by atoms with van der Waals surface area (Å²) in [4.78, 5) is 49.0. The number of aromatic nitrogens is 2. The Bertz CT molecular complexity index is 1110. The minimum Gasteiger partial charge on any atom is -0.494 e. The van der Waals surface area contributed by atoms with Crippen molar-refractivity contribution in [3.05, 3.63) is 59.9 Å². The van der Waals surface area contributed by atoms with Crippen molar-refractivity contribution in [3.63, 3.8) is 0 Å². The SMILES string of the molecule is COc1ccnc2c(C(=O)C(=O)N3CCN(C(=O)c4ccccc4)C[C@H]3C)c[nH]c12. The maximum Gasteiger partial charge on any atom is 0.295 e. The highest BCUT2D eigenvalue weighted by Gasteiger charge is 2.34. The number of pyridine rings is 1. The smallest absolute Gasteiger partial charge is 0.295 e. The second-order valence-corrected chi connectivity index (χ2v) is 7.23. The third kappa shape index (κ3) is 3.41. The van der Waals surface area contributed by atoms with Crippen LogP contribution in [0.5, 0.6) is 5.75 Å². The lowest BCUT2D eigenvalue weighted by atomic mass is 10.1. The zero-order valence-electron chi connectivity index (χ0n) is 16.8. The van der Waals surface area contributed by atoms with E-state index in [1.807, 2.05) is 25.1 Å². The lowest BCUT2D eigenvalue weighted by molar-refractivity contribution is -0.130. The molecule has 1 aliphatic heterocycles. The maximum absolute atomic E-state index is 13.0. The first-order chi connectivity index (χ1) is 14.5. The second kappa shape index (κ2) is 7.98. The van der Waals surface area contributed by atoms with Crippen LogP contribution >= 0.6 is 0 Å². The number of piperazine rings is 1. The molecular formula is C22H22N4O4. The number of carbonyl (C=O) groups is 3. The Kier molecular flexibility index (Phi) is 5.22. The van der Waals surface area contributed by atoms with Crippen LogP contribution < -0.4 is 4.74 Å². The van der Waals surface area contributed by atoms with E-state index >= 15 is 0 Å². The zero-order valence-corrected chi connectivity index (χ0v) is 16.8. The highest BCUT2D eigenvalue weighted by atomic mass is 16.5. The molecule has 0 saturated carbocycles. The van der Waals surface area contributed by atoms with Gasteiger partial charge in [-0.15, -0.1) is 0 Å². The minimum absolute atomic E-state index is 0.0752. The van der Waals surface area contributed by atoms with Crippen molar-refractivity contribution in [2.45, 2.75) is 13.0 Å². The molecule has 1 atom stereocenters. The number of ketones is 1. The van der Waals surface area contributed by atoms with Gasteiger partial charge in [-0.25, -0.2) is 0 Å². The largest absolute Gasteiger partial charge is 0.494 e. The second-order valence-electron chi connectivity index (χ2n) is 7.23. The number of amides is 2. The van der Waals surface area contributed by atoms with Gasteiger partial charge in [-0.2, -0.15) is 0 Å². The summed E-state index contributed by atoms with van der Waals surface area (Å²) in [6.45, 7) is 2.87. The van der Waals surface area contributed by atoms with Gasteiger partial charge in [0.25, 0.3) is 17.6 Å². The fourth-order valence-electron chi connectivity index (χ4n) is 3.80. The molecule has 1 saturated heterocycles. The number of aromatic amines is 1. The van der Waals surface area contributed by atoms with Gasteiger partial charge in [-0.3, -0.25) is 19.4 Å². The Balaban J connectivity index is 1.49. The Morgan fingerprint density at radius 3 is 2.60 bits per heavy atom. The number of H-pyrrole nitrogens is 1.